The zero-order valence-electron chi connectivity index (χ0n) is 11.3. The van der Waals surface area contributed by atoms with Gasteiger partial charge in [-0.15, -0.1) is 11.8 Å². The van der Waals surface area contributed by atoms with Crippen LogP contribution in [0.25, 0.3) is 5.78 Å². The number of methoxy groups -OCH3 is 1. The zero-order chi connectivity index (χ0) is 13.9. The van der Waals surface area contributed by atoms with Gasteiger partial charge in [0.15, 0.2) is 0 Å². The van der Waals surface area contributed by atoms with Gasteiger partial charge >= 0.3 is 0 Å². The van der Waals surface area contributed by atoms with Crippen molar-refractivity contribution in [2.45, 2.75) is 17.7 Å². The minimum atomic E-state index is 0.641. The molecule has 0 aliphatic carbocycles. The second-order valence-corrected chi connectivity index (χ2v) is 5.34. The Hall–Kier alpha value is -2.08. The smallest absolute Gasteiger partial charge is 0.253 e. The van der Waals surface area contributed by atoms with Gasteiger partial charge in [-0.25, -0.2) is 4.98 Å². The lowest BCUT2D eigenvalue weighted by Crippen LogP contribution is -1.97. The first-order valence-corrected chi connectivity index (χ1v) is 7.18. The minimum Gasteiger partial charge on any atom is -0.497 e. The van der Waals surface area contributed by atoms with Crippen LogP contribution in [0.2, 0.25) is 0 Å². The highest BCUT2D eigenvalue weighted by Crippen LogP contribution is 2.24. The van der Waals surface area contributed by atoms with Crippen molar-refractivity contribution in [3.8, 4) is 5.75 Å². The highest BCUT2D eigenvalue weighted by Gasteiger charge is 2.06. The fourth-order valence-corrected chi connectivity index (χ4v) is 2.89. The van der Waals surface area contributed by atoms with Crippen LogP contribution in [0, 0.1) is 6.92 Å². The molecule has 0 spiro atoms. The topological polar surface area (TPSA) is 52.3 Å². The third kappa shape index (κ3) is 2.60. The minimum absolute atomic E-state index is 0.641. The summed E-state index contributed by atoms with van der Waals surface area (Å²) in [5.41, 5.74) is 2.18. The number of aryl methyl sites for hydroxylation is 1. The molecule has 20 heavy (non-hydrogen) atoms. The normalized spacial score (nSPS) is 10.9. The van der Waals surface area contributed by atoms with E-state index >= 15 is 0 Å². The van der Waals surface area contributed by atoms with Gasteiger partial charge in [0.25, 0.3) is 5.78 Å². The molecule has 5 nitrogen and oxygen atoms in total. The van der Waals surface area contributed by atoms with Crippen LogP contribution in [0.5, 0.6) is 5.75 Å². The van der Waals surface area contributed by atoms with E-state index in [1.807, 2.05) is 25.1 Å². The molecule has 0 fully saturated rings. The molecule has 0 saturated heterocycles. The highest BCUT2D eigenvalue weighted by molar-refractivity contribution is 7.98. The summed E-state index contributed by atoms with van der Waals surface area (Å²) >= 11 is 1.71. The van der Waals surface area contributed by atoms with Gasteiger partial charge in [0.05, 0.1) is 7.11 Å². The maximum absolute atomic E-state index is 5.16. The molecule has 0 N–H and O–H groups in total. The Bertz CT molecular complexity index is 724. The van der Waals surface area contributed by atoms with Crippen molar-refractivity contribution in [2.75, 3.05) is 7.11 Å². The van der Waals surface area contributed by atoms with Crippen molar-refractivity contribution < 1.29 is 4.74 Å². The van der Waals surface area contributed by atoms with Crippen molar-refractivity contribution in [3.05, 3.63) is 47.9 Å². The first kappa shape index (κ1) is 12.9. The molecule has 0 radical (unpaired) electrons. The maximum Gasteiger partial charge on any atom is 0.253 e. The first-order valence-electron chi connectivity index (χ1n) is 6.19. The van der Waals surface area contributed by atoms with Gasteiger partial charge in [0, 0.05) is 11.4 Å². The summed E-state index contributed by atoms with van der Waals surface area (Å²) < 4.78 is 6.92. The van der Waals surface area contributed by atoms with Gasteiger partial charge in [-0.05, 0) is 30.7 Å². The first-order chi connectivity index (χ1) is 9.76. The van der Waals surface area contributed by atoms with E-state index in [0.717, 1.165) is 22.2 Å². The van der Waals surface area contributed by atoms with E-state index in [1.54, 1.807) is 23.4 Å². The van der Waals surface area contributed by atoms with Crippen LogP contribution in [0.15, 0.2) is 41.7 Å². The average molecular weight is 286 g/mol. The summed E-state index contributed by atoms with van der Waals surface area (Å²) in [5.74, 6) is 2.38. The van der Waals surface area contributed by atoms with E-state index in [1.165, 1.54) is 11.9 Å². The number of hydrogen-bond donors (Lipinski definition) is 0. The van der Waals surface area contributed by atoms with Crippen molar-refractivity contribution in [1.82, 2.24) is 19.6 Å². The van der Waals surface area contributed by atoms with Crippen LogP contribution in [0.4, 0.5) is 0 Å². The number of ether oxygens (including phenoxy) is 1. The number of rotatable bonds is 4. The van der Waals surface area contributed by atoms with Gasteiger partial charge in [-0.3, -0.25) is 0 Å². The maximum atomic E-state index is 5.16. The second kappa shape index (κ2) is 5.50. The van der Waals surface area contributed by atoms with E-state index in [-0.39, 0.29) is 0 Å². The molecule has 0 bridgehead atoms. The quantitative estimate of drug-likeness (QED) is 0.545. The molecule has 0 atom stereocenters. The summed E-state index contributed by atoms with van der Waals surface area (Å²) in [5, 5.41) is 5.24. The van der Waals surface area contributed by atoms with Gasteiger partial charge in [-0.2, -0.15) is 14.6 Å². The number of fused-ring (bicyclic) bond motifs is 1. The molecular formula is C14H14N4OS. The summed E-state index contributed by atoms with van der Waals surface area (Å²) in [6, 6.07) is 10.1. The molecule has 2 heterocycles. The molecule has 102 valence electrons. The third-order valence-electron chi connectivity index (χ3n) is 2.89. The predicted molar refractivity (Wildman–Crippen MR) is 78.1 cm³/mol. The van der Waals surface area contributed by atoms with E-state index in [0.29, 0.717) is 5.78 Å². The summed E-state index contributed by atoms with van der Waals surface area (Å²) in [6.07, 6.45) is 1.53. The van der Waals surface area contributed by atoms with Crippen LogP contribution in [0.3, 0.4) is 0 Å². The van der Waals surface area contributed by atoms with E-state index in [2.05, 4.69) is 27.2 Å². The number of nitrogens with zero attached hydrogens (tertiary/aromatic N) is 4. The Labute approximate surface area is 121 Å². The molecule has 0 aliphatic heterocycles. The lowest BCUT2D eigenvalue weighted by atomic mass is 10.2. The molecule has 3 rings (SSSR count). The van der Waals surface area contributed by atoms with Crippen molar-refractivity contribution >= 4 is 17.5 Å². The Kier molecular flexibility index (Phi) is 3.56. The molecule has 0 unspecified atom stereocenters. The highest BCUT2D eigenvalue weighted by atomic mass is 32.2. The van der Waals surface area contributed by atoms with Gasteiger partial charge < -0.3 is 4.74 Å². The van der Waals surface area contributed by atoms with Crippen LogP contribution < -0.4 is 4.74 Å². The van der Waals surface area contributed by atoms with Crippen molar-refractivity contribution in [1.29, 1.82) is 0 Å². The van der Waals surface area contributed by atoms with E-state index in [4.69, 9.17) is 4.74 Å². The molecule has 3 aromatic rings. The van der Waals surface area contributed by atoms with Crippen LogP contribution >= 0.6 is 11.8 Å². The van der Waals surface area contributed by atoms with Crippen molar-refractivity contribution in [2.24, 2.45) is 0 Å². The number of benzene rings is 1. The van der Waals surface area contributed by atoms with E-state index < -0.39 is 0 Å². The summed E-state index contributed by atoms with van der Waals surface area (Å²) in [7, 11) is 1.67. The fourth-order valence-electron chi connectivity index (χ4n) is 1.88. The fraction of sp³-hybridized carbons (Fsp3) is 0.214. The Morgan fingerprint density at radius 2 is 2.05 bits per heavy atom. The molecule has 0 saturated carbocycles. The molecule has 2 aromatic heterocycles. The van der Waals surface area contributed by atoms with Gasteiger partial charge in [0.2, 0.25) is 0 Å². The largest absolute Gasteiger partial charge is 0.497 e. The molecular weight excluding hydrogens is 272 g/mol. The summed E-state index contributed by atoms with van der Waals surface area (Å²) in [6.45, 7) is 1.96. The van der Waals surface area contributed by atoms with Crippen LogP contribution in [0.1, 0.15) is 11.3 Å². The van der Waals surface area contributed by atoms with E-state index in [9.17, 15) is 0 Å². The molecule has 1 aromatic carbocycles. The summed E-state index contributed by atoms with van der Waals surface area (Å²) in [4.78, 5) is 8.46. The third-order valence-corrected chi connectivity index (χ3v) is 3.96. The zero-order valence-corrected chi connectivity index (χ0v) is 12.1. The molecule has 6 heteroatoms. The number of hydrogen-bond acceptors (Lipinski definition) is 5. The van der Waals surface area contributed by atoms with Crippen molar-refractivity contribution in [3.63, 3.8) is 0 Å². The Morgan fingerprint density at radius 1 is 1.25 bits per heavy atom. The van der Waals surface area contributed by atoms with Crippen LogP contribution in [-0.2, 0) is 5.75 Å². The average Bonchev–Trinajstić information content (AvgIpc) is 2.93. The Balaban J connectivity index is 1.80. The standard InChI is InChI=1S/C14H14N4OS/c1-10-7-13(18-14(17-10)15-9-16-18)20-8-11-3-5-12(19-2)6-4-11/h3-7,9H,8H2,1-2H3. The lowest BCUT2D eigenvalue weighted by molar-refractivity contribution is 0.414. The molecule has 0 amide bonds. The molecule has 0 aliphatic rings. The number of aromatic nitrogens is 4. The lowest BCUT2D eigenvalue weighted by Gasteiger charge is -2.06. The van der Waals surface area contributed by atoms with Gasteiger partial charge in [-0.1, -0.05) is 12.1 Å². The SMILES string of the molecule is COc1ccc(CSc2cc(C)nc3ncnn23)cc1. The predicted octanol–water partition coefficient (Wildman–Crippen LogP) is 2.73. The van der Waals surface area contributed by atoms with Crippen LogP contribution in [-0.4, -0.2) is 26.7 Å². The monoisotopic (exact) mass is 286 g/mol. The number of thioether (sulfide) groups is 1. The van der Waals surface area contributed by atoms with Gasteiger partial charge in [0.1, 0.15) is 17.1 Å². The second-order valence-electron chi connectivity index (χ2n) is 4.34. The Morgan fingerprint density at radius 3 is 2.80 bits per heavy atom.